The van der Waals surface area contributed by atoms with Crippen LogP contribution in [0.4, 0.5) is 0 Å². The molecule has 3 amide bonds. The van der Waals surface area contributed by atoms with Crippen LogP contribution in [0.25, 0.3) is 0 Å². The normalized spacial score (nSPS) is 20.1. The molecule has 2 saturated heterocycles. The van der Waals surface area contributed by atoms with E-state index in [1.807, 2.05) is 32.0 Å². The van der Waals surface area contributed by atoms with E-state index in [1.54, 1.807) is 24.9 Å². The second kappa shape index (κ2) is 20.1. The van der Waals surface area contributed by atoms with Crippen molar-refractivity contribution in [1.82, 2.24) is 20.0 Å². The fourth-order valence-electron chi connectivity index (χ4n) is 6.27. The van der Waals surface area contributed by atoms with Crippen LogP contribution in [0.5, 0.6) is 0 Å². The lowest BCUT2D eigenvalue weighted by Gasteiger charge is -2.30. The summed E-state index contributed by atoms with van der Waals surface area (Å²) in [6.07, 6.45) is 10.5. The van der Waals surface area contributed by atoms with E-state index in [4.69, 9.17) is 4.74 Å². The van der Waals surface area contributed by atoms with E-state index < -0.39 is 6.04 Å². The van der Waals surface area contributed by atoms with Crippen LogP contribution in [0.3, 0.4) is 0 Å². The van der Waals surface area contributed by atoms with Crippen molar-refractivity contribution in [2.45, 2.75) is 124 Å². The predicted molar refractivity (Wildman–Crippen MR) is 184 cm³/mol. The van der Waals surface area contributed by atoms with Crippen LogP contribution in [-0.4, -0.2) is 90.2 Å². The van der Waals surface area contributed by atoms with Crippen molar-refractivity contribution in [1.29, 1.82) is 0 Å². The molecule has 2 aliphatic heterocycles. The van der Waals surface area contributed by atoms with E-state index in [1.165, 1.54) is 49.2 Å². The molecule has 1 unspecified atom stereocenters. The topological polar surface area (TPSA) is 99.3 Å². The molecule has 0 spiro atoms. The summed E-state index contributed by atoms with van der Waals surface area (Å²) in [5, 5.41) is 2.38. The summed E-state index contributed by atoms with van der Waals surface area (Å²) >= 11 is 0. The van der Waals surface area contributed by atoms with E-state index in [-0.39, 0.29) is 42.4 Å². The molecule has 3 aliphatic rings. The van der Waals surface area contributed by atoms with Gasteiger partial charge in [-0.2, -0.15) is 0 Å². The number of hydrogen-bond acceptors (Lipinski definition) is 6. The summed E-state index contributed by atoms with van der Waals surface area (Å²) in [6, 6.07) is 7.84. The van der Waals surface area contributed by atoms with Gasteiger partial charge in [0, 0.05) is 25.2 Å². The highest BCUT2D eigenvalue weighted by atomic mass is 16.5. The van der Waals surface area contributed by atoms with Crippen LogP contribution in [0.1, 0.15) is 111 Å². The van der Waals surface area contributed by atoms with Gasteiger partial charge in [0.25, 0.3) is 0 Å². The summed E-state index contributed by atoms with van der Waals surface area (Å²) < 4.78 is 5.87. The number of nitrogens with one attached hydrogen (secondary N) is 1. The Morgan fingerprint density at radius 3 is 2.24 bits per heavy atom. The number of fused-ring (bicyclic) bond motifs is 1. The predicted octanol–water partition coefficient (Wildman–Crippen LogP) is 5.68. The van der Waals surface area contributed by atoms with Gasteiger partial charge in [-0.15, -0.1) is 0 Å². The second-order valence-electron chi connectivity index (χ2n) is 13.3. The number of ether oxygens (including phenoxy) is 1. The molecule has 3 atom stereocenters. The fourth-order valence-corrected chi connectivity index (χ4v) is 6.27. The number of hydrogen-bond donors (Lipinski definition) is 1. The molecule has 1 aliphatic carbocycles. The zero-order valence-corrected chi connectivity index (χ0v) is 29.7. The molecule has 2 fully saturated rings. The van der Waals surface area contributed by atoms with Gasteiger partial charge in [0.15, 0.2) is 0 Å². The summed E-state index contributed by atoms with van der Waals surface area (Å²) in [7, 11) is 1.66. The number of amides is 3. The van der Waals surface area contributed by atoms with Crippen LogP contribution < -0.4 is 5.32 Å². The molecule has 2 heterocycles. The van der Waals surface area contributed by atoms with Crippen LogP contribution in [-0.2, 0) is 30.3 Å². The van der Waals surface area contributed by atoms with E-state index in [0.29, 0.717) is 24.9 Å². The molecule has 0 aromatic heterocycles. The molecule has 0 bridgehead atoms. The first kappa shape index (κ1) is 39.0. The molecule has 1 aromatic carbocycles. The van der Waals surface area contributed by atoms with Crippen molar-refractivity contribution in [2.24, 2.45) is 5.92 Å². The van der Waals surface area contributed by atoms with E-state index in [0.717, 1.165) is 30.9 Å². The Bertz CT molecular complexity index is 1140. The first-order valence-electron chi connectivity index (χ1n) is 17.4. The van der Waals surface area contributed by atoms with Crippen molar-refractivity contribution in [2.75, 3.05) is 33.2 Å². The minimum atomic E-state index is -0.600. The molecule has 46 heavy (non-hydrogen) atoms. The van der Waals surface area contributed by atoms with Gasteiger partial charge in [-0.3, -0.25) is 14.4 Å². The maximum Gasteiger partial charge on any atom is 0.329 e. The Morgan fingerprint density at radius 2 is 1.65 bits per heavy atom. The third-order valence-corrected chi connectivity index (χ3v) is 8.86. The molecule has 9 heteroatoms. The van der Waals surface area contributed by atoms with Crippen LogP contribution in [0.15, 0.2) is 35.9 Å². The minimum Gasteiger partial charge on any atom is -0.456 e. The smallest absolute Gasteiger partial charge is 0.329 e. The van der Waals surface area contributed by atoms with E-state index in [2.05, 4.69) is 44.0 Å². The lowest BCUT2D eigenvalue weighted by atomic mass is 9.99. The number of benzene rings is 1. The average Bonchev–Trinajstić information content (AvgIpc) is 3.70. The van der Waals surface area contributed by atoms with Gasteiger partial charge >= 0.3 is 5.97 Å². The van der Waals surface area contributed by atoms with Crippen LogP contribution in [0.2, 0.25) is 0 Å². The summed E-state index contributed by atoms with van der Waals surface area (Å²) in [5.41, 5.74) is 2.74. The van der Waals surface area contributed by atoms with Gasteiger partial charge in [-0.25, -0.2) is 4.79 Å². The lowest BCUT2D eigenvalue weighted by Crippen LogP contribution is -2.45. The monoisotopic (exact) mass is 640 g/mol. The number of likely N-dealkylation sites (N-methyl/N-ethyl adjacent to an activating group) is 1. The zero-order chi connectivity index (χ0) is 34.2. The number of carbonyl (C=O) groups excluding carboxylic acids is 4. The van der Waals surface area contributed by atoms with Gasteiger partial charge in [0.05, 0.1) is 12.6 Å². The molecular weight excluding hydrogens is 580 g/mol. The van der Waals surface area contributed by atoms with Gasteiger partial charge in [-0.1, -0.05) is 70.9 Å². The number of aryl methyl sites for hydroxylation is 1. The second-order valence-corrected chi connectivity index (χ2v) is 13.3. The first-order valence-corrected chi connectivity index (χ1v) is 17.4. The Morgan fingerprint density at radius 1 is 1.00 bits per heavy atom. The van der Waals surface area contributed by atoms with Gasteiger partial charge in [0.2, 0.25) is 18.2 Å². The fraction of sp³-hybridized carbons (Fsp3) is 0.676. The van der Waals surface area contributed by atoms with Gasteiger partial charge in [-0.05, 0) is 89.4 Å². The van der Waals surface area contributed by atoms with Crippen molar-refractivity contribution in [3.05, 3.63) is 47.0 Å². The standard InChI is InChI=1S/C26H35N3O5.C8H17N.C3H8/c1-17(2)22(28(4)24(31)15-27-16-30)14-18(3)25(32)29-13-7-10-21(29)26(33)34-23-12-11-19-8-5-6-9-20(19)23;1-8(2)9-6-4-3-5-7-9;1-3-2/h5-6,8-9,14,16-17,21-23H,7,10-13,15H2,1-4H3,(H,27,30);8H,3-7H2,1-2H3;3H2,1-2H3/b18-14+;;/t21-,22+,23?;;/m0../s1. The van der Waals surface area contributed by atoms with Crippen molar-refractivity contribution in [3.8, 4) is 0 Å². The van der Waals surface area contributed by atoms with Crippen LogP contribution >= 0.6 is 0 Å². The number of esters is 1. The van der Waals surface area contributed by atoms with Crippen molar-refractivity contribution in [3.63, 3.8) is 0 Å². The van der Waals surface area contributed by atoms with Crippen LogP contribution in [0, 0.1) is 5.92 Å². The summed E-state index contributed by atoms with van der Waals surface area (Å²) in [5.74, 6) is -0.770. The quantitative estimate of drug-likeness (QED) is 0.201. The molecule has 0 saturated carbocycles. The third-order valence-electron chi connectivity index (χ3n) is 8.86. The molecular formula is C37H60N4O5. The molecule has 258 valence electrons. The largest absolute Gasteiger partial charge is 0.456 e. The van der Waals surface area contributed by atoms with Crippen molar-refractivity contribution < 1.29 is 23.9 Å². The summed E-state index contributed by atoms with van der Waals surface area (Å²) in [4.78, 5) is 54.9. The highest BCUT2D eigenvalue weighted by molar-refractivity contribution is 5.96. The van der Waals surface area contributed by atoms with Gasteiger partial charge in [0.1, 0.15) is 12.1 Å². The third kappa shape index (κ3) is 11.6. The number of carbonyl (C=O) groups is 4. The Kier molecular flexibility index (Phi) is 17.1. The van der Waals surface area contributed by atoms with Crippen molar-refractivity contribution >= 4 is 24.2 Å². The molecule has 0 radical (unpaired) electrons. The SMILES string of the molecule is C/C(=C\[C@H](C(C)C)N(C)C(=O)CNC=O)C(=O)N1CCC[C@H]1C(=O)OC1CCc2ccccc21.CC(C)N1CCCCC1.CCC. The maximum absolute atomic E-state index is 13.3. The molecule has 9 nitrogen and oxygen atoms in total. The summed E-state index contributed by atoms with van der Waals surface area (Å²) in [6.45, 7) is 17.5. The molecule has 4 rings (SSSR count). The highest BCUT2D eigenvalue weighted by Gasteiger charge is 2.38. The number of piperidine rings is 1. The lowest BCUT2D eigenvalue weighted by molar-refractivity contribution is -0.157. The van der Waals surface area contributed by atoms with E-state index >= 15 is 0 Å². The Balaban J connectivity index is 0.000000515. The number of rotatable bonds is 10. The number of nitrogens with zero attached hydrogens (tertiary/aromatic N) is 3. The zero-order valence-electron chi connectivity index (χ0n) is 29.7. The minimum absolute atomic E-state index is 0.0507. The Labute approximate surface area is 278 Å². The van der Waals surface area contributed by atoms with Gasteiger partial charge < -0.3 is 24.8 Å². The highest BCUT2D eigenvalue weighted by Crippen LogP contribution is 2.35. The van der Waals surface area contributed by atoms with E-state index in [9.17, 15) is 19.2 Å². The maximum atomic E-state index is 13.3. The number of likely N-dealkylation sites (tertiary alicyclic amines) is 2. The Hall–Kier alpha value is -3.20. The molecule has 1 aromatic rings. The first-order chi connectivity index (χ1) is 22.0. The molecule has 1 N–H and O–H groups in total. The average molecular weight is 641 g/mol.